The number of fused-ring (bicyclic) bond motifs is 1. The van der Waals surface area contributed by atoms with Gasteiger partial charge < -0.3 is 15.2 Å². The lowest BCUT2D eigenvalue weighted by Gasteiger charge is -2.27. The minimum absolute atomic E-state index is 0.0693. The summed E-state index contributed by atoms with van der Waals surface area (Å²) >= 11 is 5.84. The van der Waals surface area contributed by atoms with Crippen molar-refractivity contribution in [2.45, 2.75) is 38.3 Å². The quantitative estimate of drug-likeness (QED) is 0.799. The number of phenolic OH excluding ortho intramolecular Hbond substituents is 1. The van der Waals surface area contributed by atoms with Crippen molar-refractivity contribution < 1.29 is 19.4 Å². The van der Waals surface area contributed by atoms with Crippen LogP contribution in [-0.4, -0.2) is 23.1 Å². The molecule has 0 radical (unpaired) electrons. The minimum atomic E-state index is -0.991. The van der Waals surface area contributed by atoms with Crippen molar-refractivity contribution >= 4 is 23.5 Å². The van der Waals surface area contributed by atoms with Crippen LogP contribution < -0.4 is 5.32 Å². The number of hydrogen-bond acceptors (Lipinski definition) is 4. The van der Waals surface area contributed by atoms with Gasteiger partial charge in [-0.1, -0.05) is 35.9 Å². The number of carbonyl (C=O) groups excluding carboxylic acids is 2. The number of esters is 1. The lowest BCUT2D eigenvalue weighted by Crippen LogP contribution is -2.39. The van der Waals surface area contributed by atoms with Crippen LogP contribution in [0.4, 0.5) is 0 Å². The summed E-state index contributed by atoms with van der Waals surface area (Å²) in [5, 5.41) is 13.0. The second kappa shape index (κ2) is 7.79. The Kier molecular flexibility index (Phi) is 5.47. The van der Waals surface area contributed by atoms with E-state index < -0.39 is 12.1 Å². The van der Waals surface area contributed by atoms with Crippen LogP contribution in [0.2, 0.25) is 5.02 Å². The lowest BCUT2D eigenvalue weighted by atomic mass is 9.87. The Morgan fingerprint density at radius 3 is 2.85 bits per heavy atom. The SMILES string of the molecule is C[C@@H](OC(=O)c1cc(Cl)ccc1O)C(=O)N[C@H]1CCCc2ccccc21. The number of ether oxygens (including phenoxy) is 1. The summed E-state index contributed by atoms with van der Waals surface area (Å²) in [6.07, 6.45) is 1.85. The van der Waals surface area contributed by atoms with Crippen molar-refractivity contribution in [3.63, 3.8) is 0 Å². The maximum absolute atomic E-state index is 12.5. The number of hydrogen-bond donors (Lipinski definition) is 2. The van der Waals surface area contributed by atoms with Crippen molar-refractivity contribution in [1.82, 2.24) is 5.32 Å². The Hall–Kier alpha value is -2.53. The fraction of sp³-hybridized carbons (Fsp3) is 0.300. The molecule has 5 nitrogen and oxygen atoms in total. The highest BCUT2D eigenvalue weighted by atomic mass is 35.5. The van der Waals surface area contributed by atoms with E-state index in [-0.39, 0.29) is 23.3 Å². The summed E-state index contributed by atoms with van der Waals surface area (Å²) in [5.74, 6) is -1.41. The Labute approximate surface area is 156 Å². The Balaban J connectivity index is 1.65. The van der Waals surface area contributed by atoms with E-state index in [1.54, 1.807) is 0 Å². The molecule has 1 aliphatic rings. The molecule has 1 aliphatic carbocycles. The van der Waals surface area contributed by atoms with E-state index in [0.29, 0.717) is 5.02 Å². The molecule has 3 rings (SSSR count). The molecular formula is C20H20ClNO4. The number of nitrogens with one attached hydrogen (secondary N) is 1. The predicted molar refractivity (Wildman–Crippen MR) is 98.3 cm³/mol. The van der Waals surface area contributed by atoms with Gasteiger partial charge in [0.2, 0.25) is 0 Å². The number of aryl methyl sites for hydroxylation is 1. The molecule has 0 saturated heterocycles. The number of carbonyl (C=O) groups is 2. The highest BCUT2D eigenvalue weighted by Gasteiger charge is 2.26. The molecule has 0 saturated carbocycles. The molecule has 0 unspecified atom stereocenters. The van der Waals surface area contributed by atoms with E-state index in [1.165, 1.54) is 30.7 Å². The van der Waals surface area contributed by atoms with Crippen molar-refractivity contribution in [3.05, 3.63) is 64.2 Å². The van der Waals surface area contributed by atoms with Crippen LogP contribution in [0.15, 0.2) is 42.5 Å². The second-order valence-corrected chi connectivity index (χ2v) is 6.80. The van der Waals surface area contributed by atoms with Gasteiger partial charge in [0.1, 0.15) is 11.3 Å². The highest BCUT2D eigenvalue weighted by molar-refractivity contribution is 6.31. The van der Waals surface area contributed by atoms with Gasteiger partial charge in [-0.25, -0.2) is 4.79 Å². The third-order valence-corrected chi connectivity index (χ3v) is 4.75. The zero-order valence-corrected chi connectivity index (χ0v) is 15.1. The average Bonchev–Trinajstić information content (AvgIpc) is 2.63. The molecular weight excluding hydrogens is 354 g/mol. The molecule has 6 heteroatoms. The van der Waals surface area contributed by atoms with E-state index in [1.807, 2.05) is 18.2 Å². The molecule has 0 aromatic heterocycles. The Morgan fingerprint density at radius 2 is 2.04 bits per heavy atom. The van der Waals surface area contributed by atoms with Crippen molar-refractivity contribution in [3.8, 4) is 5.75 Å². The van der Waals surface area contributed by atoms with Crippen LogP contribution in [0, 0.1) is 0 Å². The molecule has 136 valence electrons. The minimum Gasteiger partial charge on any atom is -0.507 e. The van der Waals surface area contributed by atoms with Crippen LogP contribution in [-0.2, 0) is 16.0 Å². The smallest absolute Gasteiger partial charge is 0.342 e. The van der Waals surface area contributed by atoms with Gasteiger partial charge in [-0.05, 0) is 55.5 Å². The van der Waals surface area contributed by atoms with E-state index in [9.17, 15) is 14.7 Å². The van der Waals surface area contributed by atoms with Crippen LogP contribution in [0.5, 0.6) is 5.75 Å². The summed E-state index contributed by atoms with van der Waals surface area (Å²) in [5.41, 5.74) is 2.27. The topological polar surface area (TPSA) is 75.6 Å². The van der Waals surface area contributed by atoms with Gasteiger partial charge in [0.15, 0.2) is 6.10 Å². The molecule has 0 fully saturated rings. The number of benzene rings is 2. The maximum atomic E-state index is 12.5. The second-order valence-electron chi connectivity index (χ2n) is 6.36. The van der Waals surface area contributed by atoms with E-state index in [2.05, 4.69) is 11.4 Å². The van der Waals surface area contributed by atoms with Crippen molar-refractivity contribution in [1.29, 1.82) is 0 Å². The zero-order chi connectivity index (χ0) is 18.7. The molecule has 2 aromatic carbocycles. The average molecular weight is 374 g/mol. The third-order valence-electron chi connectivity index (χ3n) is 4.52. The predicted octanol–water partition coefficient (Wildman–Crippen LogP) is 3.78. The van der Waals surface area contributed by atoms with Gasteiger partial charge >= 0.3 is 5.97 Å². The van der Waals surface area contributed by atoms with Gasteiger partial charge in [0, 0.05) is 5.02 Å². The summed E-state index contributed by atoms with van der Waals surface area (Å²) in [6.45, 7) is 1.50. The molecule has 26 heavy (non-hydrogen) atoms. The van der Waals surface area contributed by atoms with Crippen molar-refractivity contribution in [2.24, 2.45) is 0 Å². The monoisotopic (exact) mass is 373 g/mol. The van der Waals surface area contributed by atoms with Crippen molar-refractivity contribution in [2.75, 3.05) is 0 Å². The zero-order valence-electron chi connectivity index (χ0n) is 14.4. The number of halogens is 1. The van der Waals surface area contributed by atoms with Gasteiger partial charge in [0.25, 0.3) is 5.91 Å². The summed E-state index contributed by atoms with van der Waals surface area (Å²) < 4.78 is 5.19. The van der Waals surface area contributed by atoms with Gasteiger partial charge in [-0.3, -0.25) is 4.79 Å². The molecule has 0 spiro atoms. The van der Waals surface area contributed by atoms with Crippen LogP contribution in [0.1, 0.15) is 47.3 Å². The molecule has 1 amide bonds. The third kappa shape index (κ3) is 3.99. The number of aromatic hydroxyl groups is 1. The first kappa shape index (κ1) is 18.3. The fourth-order valence-corrected chi connectivity index (χ4v) is 3.31. The molecule has 0 heterocycles. The van der Waals surface area contributed by atoms with Gasteiger partial charge in [-0.15, -0.1) is 0 Å². The molecule has 0 aliphatic heterocycles. The Bertz CT molecular complexity index is 836. The first-order valence-corrected chi connectivity index (χ1v) is 8.91. The van der Waals surface area contributed by atoms with Crippen LogP contribution in [0.25, 0.3) is 0 Å². The molecule has 2 N–H and O–H groups in total. The van der Waals surface area contributed by atoms with E-state index >= 15 is 0 Å². The van der Waals surface area contributed by atoms with Crippen LogP contribution >= 0.6 is 11.6 Å². The van der Waals surface area contributed by atoms with Crippen LogP contribution in [0.3, 0.4) is 0 Å². The Morgan fingerprint density at radius 1 is 1.27 bits per heavy atom. The largest absolute Gasteiger partial charge is 0.507 e. The lowest BCUT2D eigenvalue weighted by molar-refractivity contribution is -0.130. The highest BCUT2D eigenvalue weighted by Crippen LogP contribution is 2.29. The maximum Gasteiger partial charge on any atom is 0.342 e. The standard InChI is InChI=1S/C20H20ClNO4/c1-12(26-20(25)16-11-14(21)9-10-18(16)23)19(24)22-17-8-4-6-13-5-2-3-7-15(13)17/h2-3,5,7,9-12,17,23H,4,6,8H2,1H3,(H,22,24)/t12-,17+/m1/s1. The van der Waals surface area contributed by atoms with E-state index in [4.69, 9.17) is 16.3 Å². The number of amides is 1. The normalized spacial score (nSPS) is 17.1. The summed E-state index contributed by atoms with van der Waals surface area (Å²) in [4.78, 5) is 24.7. The number of rotatable bonds is 4. The fourth-order valence-electron chi connectivity index (χ4n) is 3.14. The van der Waals surface area contributed by atoms with E-state index in [0.717, 1.165) is 24.8 Å². The first-order chi connectivity index (χ1) is 12.5. The van der Waals surface area contributed by atoms with Gasteiger partial charge in [-0.2, -0.15) is 0 Å². The summed E-state index contributed by atoms with van der Waals surface area (Å²) in [6, 6.07) is 12.0. The van der Waals surface area contributed by atoms with Gasteiger partial charge in [0.05, 0.1) is 6.04 Å². The molecule has 0 bridgehead atoms. The molecule has 2 atom stereocenters. The molecule has 2 aromatic rings. The summed E-state index contributed by atoms with van der Waals surface area (Å²) in [7, 11) is 0. The first-order valence-electron chi connectivity index (χ1n) is 8.53. The number of phenols is 1.